The largest absolute Gasteiger partial charge is 0.395 e. The number of pyridine rings is 1. The van der Waals surface area contributed by atoms with Gasteiger partial charge in [-0.3, -0.25) is 9.69 Å². The summed E-state index contributed by atoms with van der Waals surface area (Å²) in [5, 5.41) is 32.5. The van der Waals surface area contributed by atoms with Gasteiger partial charge in [-0.05, 0) is 12.1 Å². The Morgan fingerprint density at radius 2 is 2.20 bits per heavy atom. The van der Waals surface area contributed by atoms with Crippen molar-refractivity contribution in [3.63, 3.8) is 0 Å². The number of piperidine rings is 1. The summed E-state index contributed by atoms with van der Waals surface area (Å²) in [7, 11) is 0. The maximum Gasteiger partial charge on any atom is 0.220 e. The number of nitrogens with zero attached hydrogens (tertiary/aromatic N) is 2. The van der Waals surface area contributed by atoms with E-state index in [1.165, 1.54) is 18.3 Å². The van der Waals surface area contributed by atoms with E-state index in [0.717, 1.165) is 0 Å². The van der Waals surface area contributed by atoms with Gasteiger partial charge in [-0.1, -0.05) is 18.8 Å². The molecule has 0 bridgehead atoms. The van der Waals surface area contributed by atoms with Crippen LogP contribution in [0.4, 0.5) is 4.39 Å². The Morgan fingerprint density at radius 1 is 1.44 bits per heavy atom. The van der Waals surface area contributed by atoms with Gasteiger partial charge in [0.05, 0.1) is 31.3 Å². The van der Waals surface area contributed by atoms with Crippen molar-refractivity contribution in [1.82, 2.24) is 15.2 Å². The molecule has 1 saturated heterocycles. The van der Waals surface area contributed by atoms with Crippen molar-refractivity contribution in [3.05, 3.63) is 29.8 Å². The fourth-order valence-corrected chi connectivity index (χ4v) is 2.72. The Bertz CT molecular complexity index is 644. The molecule has 0 saturated carbocycles. The highest BCUT2D eigenvalue weighted by atomic mass is 19.1. The summed E-state index contributed by atoms with van der Waals surface area (Å²) in [4.78, 5) is 16.8. The summed E-state index contributed by atoms with van der Waals surface area (Å²) in [5.74, 6) is 4.87. The lowest BCUT2D eigenvalue weighted by atomic mass is 9.92. The van der Waals surface area contributed by atoms with Crippen LogP contribution in [-0.4, -0.2) is 75.1 Å². The lowest BCUT2D eigenvalue weighted by Crippen LogP contribution is -2.66. The second-order valence-electron chi connectivity index (χ2n) is 5.86. The number of hydrogen-bond donors (Lipinski definition) is 4. The van der Waals surface area contributed by atoms with Crippen molar-refractivity contribution in [3.8, 4) is 11.8 Å². The third-order valence-corrected chi connectivity index (χ3v) is 4.15. The van der Waals surface area contributed by atoms with Crippen molar-refractivity contribution in [2.45, 2.75) is 37.6 Å². The lowest BCUT2D eigenvalue weighted by molar-refractivity contribution is -0.129. The first-order valence-electron chi connectivity index (χ1n) is 8.07. The topological polar surface area (TPSA) is 106 Å². The molecule has 2 heterocycles. The van der Waals surface area contributed by atoms with E-state index < -0.39 is 30.2 Å². The summed E-state index contributed by atoms with van der Waals surface area (Å²) >= 11 is 0. The molecular weight excluding hydrogens is 329 g/mol. The molecule has 0 unspecified atom stereocenters. The fraction of sp³-hybridized carbons (Fsp3) is 0.529. The number of rotatable bonds is 4. The molecule has 1 aromatic heterocycles. The van der Waals surface area contributed by atoms with Crippen LogP contribution in [0.25, 0.3) is 0 Å². The van der Waals surface area contributed by atoms with E-state index in [4.69, 9.17) is 0 Å². The minimum absolute atomic E-state index is 0.199. The van der Waals surface area contributed by atoms with Crippen molar-refractivity contribution >= 4 is 5.91 Å². The van der Waals surface area contributed by atoms with Gasteiger partial charge in [-0.25, -0.2) is 4.98 Å². The zero-order chi connectivity index (χ0) is 18.4. The van der Waals surface area contributed by atoms with Crippen LogP contribution in [0, 0.1) is 17.8 Å². The summed E-state index contributed by atoms with van der Waals surface area (Å²) in [5.41, 5.74) is 0.537. The summed E-state index contributed by atoms with van der Waals surface area (Å²) in [6.45, 7) is 1.78. The Hall–Kier alpha value is -2.05. The number of nitrogens with one attached hydrogen (secondary N) is 1. The van der Waals surface area contributed by atoms with Crippen LogP contribution in [0.1, 0.15) is 18.9 Å². The molecule has 1 aromatic rings. The highest BCUT2D eigenvalue weighted by Gasteiger charge is 2.41. The van der Waals surface area contributed by atoms with E-state index in [1.807, 2.05) is 0 Å². The van der Waals surface area contributed by atoms with Crippen LogP contribution in [-0.2, 0) is 4.79 Å². The molecule has 7 nitrogen and oxygen atoms in total. The van der Waals surface area contributed by atoms with Crippen molar-refractivity contribution < 1.29 is 24.5 Å². The zero-order valence-electron chi connectivity index (χ0n) is 13.9. The predicted molar refractivity (Wildman–Crippen MR) is 87.8 cm³/mol. The molecular formula is C17H22FN3O4. The van der Waals surface area contributed by atoms with Gasteiger partial charge in [0.1, 0.15) is 6.10 Å². The van der Waals surface area contributed by atoms with Gasteiger partial charge in [0.25, 0.3) is 0 Å². The first kappa shape index (κ1) is 19.3. The average Bonchev–Trinajstić information content (AvgIpc) is 2.61. The van der Waals surface area contributed by atoms with Crippen LogP contribution in [0.15, 0.2) is 18.3 Å². The molecule has 4 atom stereocenters. The maximum absolute atomic E-state index is 12.8. The second-order valence-corrected chi connectivity index (χ2v) is 5.86. The number of aliphatic hydroxyl groups is 3. The van der Waals surface area contributed by atoms with Gasteiger partial charge in [0, 0.05) is 24.7 Å². The van der Waals surface area contributed by atoms with Gasteiger partial charge in [0.2, 0.25) is 11.9 Å². The number of amides is 1. The fourth-order valence-electron chi connectivity index (χ4n) is 2.72. The third kappa shape index (κ3) is 4.96. The summed E-state index contributed by atoms with van der Waals surface area (Å²) < 4.78 is 12.8. The molecule has 1 aliphatic heterocycles. The monoisotopic (exact) mass is 351 g/mol. The van der Waals surface area contributed by atoms with Crippen molar-refractivity contribution in [1.29, 1.82) is 0 Å². The highest BCUT2D eigenvalue weighted by Crippen LogP contribution is 2.18. The molecule has 1 aliphatic rings. The number of hydrogen-bond acceptors (Lipinski definition) is 6. The number of likely N-dealkylation sites (tertiary alicyclic amines) is 1. The Morgan fingerprint density at radius 3 is 2.80 bits per heavy atom. The van der Waals surface area contributed by atoms with E-state index in [2.05, 4.69) is 22.1 Å². The number of carbonyl (C=O) groups excluding carboxylic acids is 1. The molecule has 136 valence electrons. The minimum atomic E-state index is -1.21. The van der Waals surface area contributed by atoms with Crippen LogP contribution < -0.4 is 5.32 Å². The van der Waals surface area contributed by atoms with Gasteiger partial charge in [-0.2, -0.15) is 4.39 Å². The minimum Gasteiger partial charge on any atom is -0.395 e. The molecule has 1 amide bonds. The molecule has 0 spiro atoms. The van der Waals surface area contributed by atoms with Crippen LogP contribution >= 0.6 is 0 Å². The predicted octanol–water partition coefficient (Wildman–Crippen LogP) is -1.13. The maximum atomic E-state index is 12.8. The van der Waals surface area contributed by atoms with E-state index in [1.54, 1.807) is 11.8 Å². The lowest BCUT2D eigenvalue weighted by Gasteiger charge is -2.44. The number of aliphatic hydroxyl groups excluding tert-OH is 3. The molecule has 0 aromatic carbocycles. The molecule has 0 radical (unpaired) electrons. The SMILES string of the molecule is CCC(=O)N[C@H]1CN(CC#Cc2ccc(F)nc2)[C@H](CO)[C@@H](O)[C@@H]1O. The first-order valence-corrected chi connectivity index (χ1v) is 8.07. The molecule has 0 aliphatic carbocycles. The Balaban J connectivity index is 2.08. The Kier molecular flexibility index (Phi) is 6.84. The second kappa shape index (κ2) is 8.87. The van der Waals surface area contributed by atoms with Gasteiger partial charge in [-0.15, -0.1) is 0 Å². The Labute approximate surface area is 145 Å². The molecule has 1 fully saturated rings. The quantitative estimate of drug-likeness (QED) is 0.404. The molecule has 4 N–H and O–H groups in total. The summed E-state index contributed by atoms with van der Waals surface area (Å²) in [6, 6.07) is 1.36. The molecule has 2 rings (SSSR count). The van der Waals surface area contributed by atoms with Gasteiger partial charge >= 0.3 is 0 Å². The van der Waals surface area contributed by atoms with Crippen molar-refractivity contribution in [2.24, 2.45) is 0 Å². The third-order valence-electron chi connectivity index (χ3n) is 4.15. The van der Waals surface area contributed by atoms with Gasteiger partial charge < -0.3 is 20.6 Å². The molecule has 8 heteroatoms. The van der Waals surface area contributed by atoms with E-state index in [0.29, 0.717) is 5.56 Å². The van der Waals surface area contributed by atoms with Crippen LogP contribution in [0.5, 0.6) is 0 Å². The van der Waals surface area contributed by atoms with Gasteiger partial charge in [0.15, 0.2) is 0 Å². The average molecular weight is 351 g/mol. The van der Waals surface area contributed by atoms with E-state index in [9.17, 15) is 24.5 Å². The smallest absolute Gasteiger partial charge is 0.220 e. The standard InChI is InChI=1S/C17H22FN3O4/c1-2-15(23)20-12-9-21(13(10-22)17(25)16(12)24)7-3-4-11-5-6-14(18)19-8-11/h5-6,8,12-13,16-17,22,24-25H,2,7,9-10H2,1H3,(H,20,23)/t12-,13+,16+,17+/m0/s1. The number of aromatic nitrogens is 1. The van der Waals surface area contributed by atoms with Crippen molar-refractivity contribution in [2.75, 3.05) is 19.7 Å². The number of halogens is 1. The van der Waals surface area contributed by atoms with E-state index in [-0.39, 0.29) is 32.0 Å². The molecule has 25 heavy (non-hydrogen) atoms. The van der Waals surface area contributed by atoms with Crippen LogP contribution in [0.2, 0.25) is 0 Å². The normalized spacial score (nSPS) is 26.6. The summed E-state index contributed by atoms with van der Waals surface area (Å²) in [6.07, 6.45) is -0.807. The zero-order valence-corrected chi connectivity index (χ0v) is 13.9. The van der Waals surface area contributed by atoms with E-state index >= 15 is 0 Å². The van der Waals surface area contributed by atoms with Crippen LogP contribution in [0.3, 0.4) is 0 Å². The highest BCUT2D eigenvalue weighted by molar-refractivity contribution is 5.76. The number of carbonyl (C=O) groups is 1. The first-order chi connectivity index (χ1) is 12.0.